The van der Waals surface area contributed by atoms with E-state index in [1.165, 1.54) is 25.7 Å². The van der Waals surface area contributed by atoms with Gasteiger partial charge in [0.15, 0.2) is 0 Å². The summed E-state index contributed by atoms with van der Waals surface area (Å²) in [6, 6.07) is 0. The number of aliphatic hydroxyl groups is 1. The van der Waals surface area contributed by atoms with Crippen LogP contribution in [0.25, 0.3) is 5.32 Å². The molecule has 0 spiro atoms. The molecule has 0 heterocycles. The number of halogens is 2. The molecule has 1 N–H and O–H groups in total. The molecule has 0 amide bonds. The van der Waals surface area contributed by atoms with Crippen molar-refractivity contribution in [3.8, 4) is 0 Å². The minimum absolute atomic E-state index is 0. The van der Waals surface area contributed by atoms with E-state index in [9.17, 15) is 0 Å². The smallest absolute Gasteiger partial charge is 0.0402 e. The van der Waals surface area contributed by atoms with Gasteiger partial charge in [-0.2, -0.15) is 0 Å². The Kier molecular flexibility index (Phi) is 72.0. The number of rotatable bonds is 6. The Morgan fingerprint density at radius 2 is 1.13 bits per heavy atom. The molecule has 0 aromatic carbocycles. The molecule has 0 fully saturated rings. The molecule has 0 unspecified atom stereocenters. The van der Waals surface area contributed by atoms with Crippen molar-refractivity contribution in [2.45, 2.75) is 46.5 Å². The number of hydrogen-bond donors (Lipinski definition) is 1. The third kappa shape index (κ3) is 51.0. The second-order valence-electron chi connectivity index (χ2n) is 2.69. The minimum Gasteiger partial charge on any atom is -0.662 e. The molecule has 0 aliphatic rings. The molecule has 96 valence electrons. The maximum atomic E-state index is 7.57. The average molecular weight is 295 g/mol. The Balaban J connectivity index is -0.0000000500. The van der Waals surface area contributed by atoms with Crippen molar-refractivity contribution < 1.29 is 26.8 Å². The Morgan fingerprint density at radius 3 is 1.33 bits per heavy atom. The predicted molar refractivity (Wildman–Crippen MR) is 70.2 cm³/mol. The van der Waals surface area contributed by atoms with E-state index in [0.29, 0.717) is 0 Å². The fourth-order valence-corrected chi connectivity index (χ4v) is 0.652. The monoisotopic (exact) mass is 294 g/mol. The summed E-state index contributed by atoms with van der Waals surface area (Å²) in [6.07, 6.45) is 5.08. The van der Waals surface area contributed by atoms with Crippen LogP contribution in [0.15, 0.2) is 0 Å². The number of unbranched alkanes of at least 4 members (excludes halogenated alkanes) is 2. The van der Waals surface area contributed by atoms with Crippen molar-refractivity contribution in [1.82, 2.24) is 0 Å². The second kappa shape index (κ2) is 36.2. The third-order valence-electron chi connectivity index (χ3n) is 1.34. The van der Waals surface area contributed by atoms with Gasteiger partial charge in [-0.25, -0.2) is 0 Å². The van der Waals surface area contributed by atoms with Crippen molar-refractivity contribution in [3.05, 3.63) is 5.32 Å². The van der Waals surface area contributed by atoms with E-state index < -0.39 is 0 Å². The van der Waals surface area contributed by atoms with Gasteiger partial charge in [0.25, 0.3) is 0 Å². The molecule has 0 saturated carbocycles. The molecule has 0 aromatic heterocycles. The van der Waals surface area contributed by atoms with Gasteiger partial charge in [-0.1, -0.05) is 39.5 Å². The van der Waals surface area contributed by atoms with Crippen molar-refractivity contribution in [2.75, 3.05) is 19.7 Å². The molecular formula is C10H26Cl2NOTi-. The fraction of sp³-hybridized carbons (Fsp3) is 1.00. The largest absolute Gasteiger partial charge is 0.662 e. The Morgan fingerprint density at radius 1 is 0.867 bits per heavy atom. The normalized spacial score (nSPS) is 7.20. The first-order chi connectivity index (χ1) is 5.83. The van der Waals surface area contributed by atoms with Crippen LogP contribution in [0.5, 0.6) is 0 Å². The first-order valence-corrected chi connectivity index (χ1v) is 5.07. The van der Waals surface area contributed by atoms with E-state index in [2.05, 4.69) is 19.2 Å². The summed E-state index contributed by atoms with van der Waals surface area (Å²) in [6.45, 7) is 8.50. The second-order valence-corrected chi connectivity index (χ2v) is 2.69. The summed E-state index contributed by atoms with van der Waals surface area (Å²) < 4.78 is 0. The molecule has 2 nitrogen and oxygen atoms in total. The number of aliphatic hydroxyl groups excluding tert-OH is 1. The predicted octanol–water partition coefficient (Wildman–Crippen LogP) is 3.80. The molecule has 0 bridgehead atoms. The molecule has 15 heavy (non-hydrogen) atoms. The standard InChI is InChI=1S/C8H18N.C2H6O.2ClH.Ti/c1-3-5-7-9-8-6-4-2;1-2-3;;;/h3-8H2,1-2H3;3H,2H2,1H3;2*1H;/q-1;;;;. The summed E-state index contributed by atoms with van der Waals surface area (Å²) in [7, 11) is 0. The molecular weight excluding hydrogens is 269 g/mol. The van der Waals surface area contributed by atoms with Crippen LogP contribution >= 0.6 is 24.8 Å². The van der Waals surface area contributed by atoms with Gasteiger partial charge in [-0.05, 0) is 6.92 Å². The van der Waals surface area contributed by atoms with E-state index in [0.717, 1.165) is 13.1 Å². The van der Waals surface area contributed by atoms with Gasteiger partial charge < -0.3 is 10.4 Å². The topological polar surface area (TPSA) is 34.3 Å². The maximum Gasteiger partial charge on any atom is 0.0402 e. The van der Waals surface area contributed by atoms with Crippen LogP contribution in [0.3, 0.4) is 0 Å². The molecule has 0 aliphatic heterocycles. The van der Waals surface area contributed by atoms with Gasteiger partial charge in [0.2, 0.25) is 0 Å². The summed E-state index contributed by atoms with van der Waals surface area (Å²) in [5, 5.41) is 11.9. The van der Waals surface area contributed by atoms with Crippen LogP contribution in [0.4, 0.5) is 0 Å². The van der Waals surface area contributed by atoms with E-state index in [4.69, 9.17) is 5.11 Å². The number of nitrogens with zero attached hydrogens (tertiary/aromatic N) is 1. The summed E-state index contributed by atoms with van der Waals surface area (Å²) >= 11 is 0. The Hall–Kier alpha value is 1.21. The van der Waals surface area contributed by atoms with Gasteiger partial charge in [0.1, 0.15) is 0 Å². The van der Waals surface area contributed by atoms with Crippen LogP contribution in [0, 0.1) is 0 Å². The molecule has 0 aromatic rings. The minimum atomic E-state index is 0. The zero-order valence-corrected chi connectivity index (χ0v) is 13.4. The van der Waals surface area contributed by atoms with Crippen LogP contribution < -0.4 is 0 Å². The van der Waals surface area contributed by atoms with E-state index in [1.807, 2.05) is 0 Å². The molecule has 5 heteroatoms. The van der Waals surface area contributed by atoms with Crippen molar-refractivity contribution in [3.63, 3.8) is 0 Å². The van der Waals surface area contributed by atoms with Gasteiger partial charge in [0, 0.05) is 28.3 Å². The van der Waals surface area contributed by atoms with E-state index in [-0.39, 0.29) is 53.1 Å². The molecule has 0 radical (unpaired) electrons. The Bertz CT molecular complexity index is 65.4. The van der Waals surface area contributed by atoms with Gasteiger partial charge in [-0.3, -0.25) is 0 Å². The van der Waals surface area contributed by atoms with Crippen LogP contribution in [-0.2, 0) is 21.7 Å². The van der Waals surface area contributed by atoms with Crippen molar-refractivity contribution in [2.24, 2.45) is 0 Å². The van der Waals surface area contributed by atoms with Gasteiger partial charge in [0.05, 0.1) is 0 Å². The van der Waals surface area contributed by atoms with Gasteiger partial charge >= 0.3 is 0 Å². The zero-order chi connectivity index (χ0) is 9.66. The third-order valence-corrected chi connectivity index (χ3v) is 1.34. The maximum absolute atomic E-state index is 7.57. The first-order valence-electron chi connectivity index (χ1n) is 5.07. The van der Waals surface area contributed by atoms with Crippen molar-refractivity contribution >= 4 is 24.8 Å². The Labute approximate surface area is 123 Å². The molecule has 0 atom stereocenters. The molecule has 0 rings (SSSR count). The SMILES string of the molecule is CCCC[N-]CCCC.CCO.Cl.Cl.[Ti]. The summed E-state index contributed by atoms with van der Waals surface area (Å²) in [4.78, 5) is 0. The van der Waals surface area contributed by atoms with E-state index >= 15 is 0 Å². The summed E-state index contributed by atoms with van der Waals surface area (Å²) in [5.74, 6) is 0. The van der Waals surface area contributed by atoms with Crippen molar-refractivity contribution in [1.29, 1.82) is 0 Å². The quantitative estimate of drug-likeness (QED) is 0.587. The van der Waals surface area contributed by atoms with Crippen LogP contribution in [0.2, 0.25) is 0 Å². The van der Waals surface area contributed by atoms with Crippen LogP contribution in [0.1, 0.15) is 46.5 Å². The number of hydrogen-bond acceptors (Lipinski definition) is 1. The molecule has 0 saturated heterocycles. The zero-order valence-electron chi connectivity index (χ0n) is 10.2. The average Bonchev–Trinajstić information content (AvgIpc) is 2.06. The summed E-state index contributed by atoms with van der Waals surface area (Å²) in [5.41, 5.74) is 0. The van der Waals surface area contributed by atoms with Crippen LogP contribution in [-0.4, -0.2) is 24.8 Å². The first kappa shape index (κ1) is 29.8. The van der Waals surface area contributed by atoms with E-state index in [1.54, 1.807) is 6.92 Å². The fourth-order valence-electron chi connectivity index (χ4n) is 0.652. The van der Waals surface area contributed by atoms with Gasteiger partial charge in [-0.15, -0.1) is 37.9 Å². The molecule has 0 aliphatic carbocycles.